The van der Waals surface area contributed by atoms with Crippen molar-refractivity contribution < 1.29 is 9.50 Å². The van der Waals surface area contributed by atoms with Crippen molar-refractivity contribution in [2.45, 2.75) is 24.8 Å². The first-order valence-electron chi connectivity index (χ1n) is 8.97. The van der Waals surface area contributed by atoms with E-state index in [1.807, 2.05) is 18.2 Å². The number of hydrogen-bond acceptors (Lipinski definition) is 5. The van der Waals surface area contributed by atoms with Gasteiger partial charge < -0.3 is 21.5 Å². The quantitative estimate of drug-likeness (QED) is 0.408. The van der Waals surface area contributed by atoms with Gasteiger partial charge in [0, 0.05) is 23.4 Å². The number of rotatable bonds is 7. The summed E-state index contributed by atoms with van der Waals surface area (Å²) >= 11 is 0. The van der Waals surface area contributed by atoms with E-state index < -0.39 is 0 Å². The fourth-order valence-electron chi connectivity index (χ4n) is 3.03. The highest BCUT2D eigenvalue weighted by Crippen LogP contribution is 2.40. The first-order chi connectivity index (χ1) is 13.1. The van der Waals surface area contributed by atoms with Crippen molar-refractivity contribution in [2.24, 2.45) is 0 Å². The Bertz CT molecular complexity index is 920. The van der Waals surface area contributed by atoms with Crippen LogP contribution in [0.1, 0.15) is 36.1 Å². The molecule has 1 saturated carbocycles. The third kappa shape index (κ3) is 4.03. The molecule has 27 heavy (non-hydrogen) atoms. The minimum absolute atomic E-state index is 0.122. The maximum absolute atomic E-state index is 13.1. The van der Waals surface area contributed by atoms with Crippen molar-refractivity contribution in [3.63, 3.8) is 0 Å². The lowest BCUT2D eigenvalue weighted by atomic mass is 10.1. The maximum atomic E-state index is 13.1. The van der Waals surface area contributed by atoms with Gasteiger partial charge in [0.1, 0.15) is 5.82 Å². The summed E-state index contributed by atoms with van der Waals surface area (Å²) in [5, 5.41) is 23.6. The molecule has 1 atom stereocenters. The van der Waals surface area contributed by atoms with Gasteiger partial charge in [-0.15, -0.1) is 0 Å². The normalized spacial score (nSPS) is 14.7. The fraction of sp³-hybridized carbons (Fsp3) is 0.250. The fourth-order valence-corrected chi connectivity index (χ4v) is 3.03. The summed E-state index contributed by atoms with van der Waals surface area (Å²) in [4.78, 5) is 0. The van der Waals surface area contributed by atoms with Crippen LogP contribution in [0.25, 0.3) is 0 Å². The number of aromatic nitrogens is 2. The number of nitrogens with one attached hydrogen (secondary N) is 3. The highest BCUT2D eigenvalue weighted by atomic mass is 19.1. The lowest BCUT2D eigenvalue weighted by Gasteiger charge is -2.19. The number of halogens is 1. The van der Waals surface area contributed by atoms with Crippen LogP contribution < -0.4 is 16.4 Å². The second-order valence-electron chi connectivity index (χ2n) is 6.84. The molecule has 0 bridgehead atoms. The molecule has 0 aliphatic heterocycles. The Morgan fingerprint density at radius 2 is 1.96 bits per heavy atom. The van der Waals surface area contributed by atoms with Crippen LogP contribution in [0.4, 0.5) is 27.3 Å². The number of aliphatic hydroxyl groups is 1. The van der Waals surface area contributed by atoms with Crippen LogP contribution in [0.2, 0.25) is 0 Å². The van der Waals surface area contributed by atoms with E-state index in [9.17, 15) is 9.50 Å². The molecule has 1 aliphatic carbocycles. The summed E-state index contributed by atoms with van der Waals surface area (Å²) in [6, 6.07) is 13.2. The van der Waals surface area contributed by atoms with Gasteiger partial charge in [-0.25, -0.2) is 4.39 Å². The summed E-state index contributed by atoms with van der Waals surface area (Å²) in [5.41, 5.74) is 10.1. The third-order valence-electron chi connectivity index (χ3n) is 4.73. The van der Waals surface area contributed by atoms with Crippen LogP contribution in [-0.2, 0) is 0 Å². The molecule has 1 heterocycles. The van der Waals surface area contributed by atoms with Crippen LogP contribution in [0.5, 0.6) is 0 Å². The van der Waals surface area contributed by atoms with Gasteiger partial charge in [-0.3, -0.25) is 5.10 Å². The van der Waals surface area contributed by atoms with E-state index in [0.717, 1.165) is 28.5 Å². The van der Waals surface area contributed by atoms with E-state index in [4.69, 9.17) is 5.73 Å². The first kappa shape index (κ1) is 17.4. The smallest absolute Gasteiger partial charge is 0.152 e. The van der Waals surface area contributed by atoms with Crippen molar-refractivity contribution >= 4 is 22.9 Å². The van der Waals surface area contributed by atoms with Gasteiger partial charge in [-0.05, 0) is 48.7 Å². The molecular weight excluding hydrogens is 345 g/mol. The van der Waals surface area contributed by atoms with E-state index in [0.29, 0.717) is 11.6 Å². The second-order valence-corrected chi connectivity index (χ2v) is 6.84. The summed E-state index contributed by atoms with van der Waals surface area (Å²) in [5.74, 6) is 1.01. The number of nitrogens with two attached hydrogens (primary N) is 1. The van der Waals surface area contributed by atoms with Crippen LogP contribution in [0, 0.1) is 5.82 Å². The topological polar surface area (TPSA) is 99.0 Å². The number of aliphatic hydroxyl groups excluding tert-OH is 1. The van der Waals surface area contributed by atoms with Gasteiger partial charge in [0.2, 0.25) is 0 Å². The average Bonchev–Trinajstić information content (AvgIpc) is 3.42. The number of aromatic amines is 1. The number of benzene rings is 2. The maximum Gasteiger partial charge on any atom is 0.152 e. The minimum Gasteiger partial charge on any atom is -0.397 e. The molecule has 7 heteroatoms. The summed E-state index contributed by atoms with van der Waals surface area (Å²) < 4.78 is 13.1. The van der Waals surface area contributed by atoms with Gasteiger partial charge >= 0.3 is 0 Å². The van der Waals surface area contributed by atoms with E-state index in [1.165, 1.54) is 25.0 Å². The summed E-state index contributed by atoms with van der Waals surface area (Å²) in [7, 11) is 0. The van der Waals surface area contributed by atoms with Crippen molar-refractivity contribution in [2.75, 3.05) is 23.0 Å². The molecule has 3 aromatic rings. The monoisotopic (exact) mass is 367 g/mol. The second kappa shape index (κ2) is 7.28. The van der Waals surface area contributed by atoms with Crippen molar-refractivity contribution in [3.8, 4) is 0 Å². The molecule has 0 spiro atoms. The third-order valence-corrected chi connectivity index (χ3v) is 4.73. The molecule has 1 aromatic heterocycles. The summed E-state index contributed by atoms with van der Waals surface area (Å²) in [6.45, 7) is -0.122. The Morgan fingerprint density at radius 3 is 2.67 bits per heavy atom. The van der Waals surface area contributed by atoms with Crippen LogP contribution in [0.3, 0.4) is 0 Å². The largest absolute Gasteiger partial charge is 0.397 e. The van der Waals surface area contributed by atoms with Gasteiger partial charge in [0.15, 0.2) is 5.82 Å². The zero-order chi connectivity index (χ0) is 18.8. The van der Waals surface area contributed by atoms with Crippen molar-refractivity contribution in [3.05, 3.63) is 65.6 Å². The Balaban J connectivity index is 1.51. The zero-order valence-electron chi connectivity index (χ0n) is 14.7. The molecule has 4 rings (SSSR count). The molecular formula is C20H22FN5O. The minimum atomic E-state index is -0.353. The first-order valence-corrected chi connectivity index (χ1v) is 8.97. The zero-order valence-corrected chi connectivity index (χ0v) is 14.7. The van der Waals surface area contributed by atoms with Crippen LogP contribution in [0.15, 0.2) is 48.5 Å². The number of anilines is 4. The number of hydrogen-bond donors (Lipinski definition) is 5. The van der Waals surface area contributed by atoms with Crippen LogP contribution in [-0.4, -0.2) is 21.9 Å². The van der Waals surface area contributed by atoms with E-state index >= 15 is 0 Å². The molecule has 6 nitrogen and oxygen atoms in total. The Morgan fingerprint density at radius 1 is 1.19 bits per heavy atom. The van der Waals surface area contributed by atoms with E-state index in [-0.39, 0.29) is 18.5 Å². The standard InChI is InChI=1S/C20H22FN5O/c21-14-5-3-13(4-6-14)19(11-27)23-15-7-8-16(22)18(9-15)24-20-10-17(25-26-20)12-1-2-12/h3-10,12,19,23,27H,1-2,11,22H2,(H2,24,25,26)/t19-/m0/s1. The van der Waals surface area contributed by atoms with E-state index in [2.05, 4.69) is 20.8 Å². The van der Waals surface area contributed by atoms with Crippen molar-refractivity contribution in [1.82, 2.24) is 10.2 Å². The number of nitrogen functional groups attached to an aromatic ring is 1. The molecule has 0 saturated heterocycles. The number of H-pyrrole nitrogens is 1. The molecule has 1 aliphatic rings. The summed E-state index contributed by atoms with van der Waals surface area (Å²) in [6.07, 6.45) is 2.41. The van der Waals surface area contributed by atoms with Gasteiger partial charge in [0.25, 0.3) is 0 Å². The molecule has 1 fully saturated rings. The van der Waals surface area contributed by atoms with Crippen LogP contribution >= 0.6 is 0 Å². The molecule has 140 valence electrons. The highest BCUT2D eigenvalue weighted by Gasteiger charge is 2.25. The lowest BCUT2D eigenvalue weighted by molar-refractivity contribution is 0.276. The Kier molecular flexibility index (Phi) is 4.68. The Hall–Kier alpha value is -3.06. The molecule has 6 N–H and O–H groups in total. The number of nitrogens with zero attached hydrogens (tertiary/aromatic N) is 1. The highest BCUT2D eigenvalue weighted by molar-refractivity contribution is 5.75. The van der Waals surface area contributed by atoms with Crippen molar-refractivity contribution in [1.29, 1.82) is 0 Å². The van der Waals surface area contributed by atoms with E-state index in [1.54, 1.807) is 18.2 Å². The van der Waals surface area contributed by atoms with Gasteiger partial charge in [-0.2, -0.15) is 5.10 Å². The SMILES string of the molecule is Nc1ccc(N[C@@H](CO)c2ccc(F)cc2)cc1Nc1cc(C2CC2)[nH]n1. The molecule has 0 amide bonds. The van der Waals surface area contributed by atoms with Gasteiger partial charge in [0.05, 0.1) is 24.0 Å². The average molecular weight is 367 g/mol. The molecule has 2 aromatic carbocycles. The van der Waals surface area contributed by atoms with Gasteiger partial charge in [-0.1, -0.05) is 12.1 Å². The predicted molar refractivity (Wildman–Crippen MR) is 105 cm³/mol. The predicted octanol–water partition coefficient (Wildman–Crippen LogP) is 3.90. The molecule has 0 radical (unpaired) electrons. The lowest BCUT2D eigenvalue weighted by Crippen LogP contribution is -2.15. The Labute approximate surface area is 156 Å². The molecule has 0 unspecified atom stereocenters.